The number of nitrogens with one attached hydrogen (secondary N) is 2. The number of benzene rings is 1. The van der Waals surface area contributed by atoms with Gasteiger partial charge in [-0.15, -0.1) is 0 Å². The van der Waals surface area contributed by atoms with Crippen LogP contribution in [0.25, 0.3) is 0 Å². The van der Waals surface area contributed by atoms with Crippen LogP contribution in [0.1, 0.15) is 43.0 Å². The number of hydrogen-bond acceptors (Lipinski definition) is 2. The lowest BCUT2D eigenvalue weighted by Crippen LogP contribution is -2.56. The number of amides is 1. The number of carbonyl (C=O) groups excluding carboxylic acids is 1. The molecule has 1 saturated carbocycles. The maximum atomic E-state index is 12.4. The first-order chi connectivity index (χ1) is 10.8. The van der Waals surface area contributed by atoms with Crippen LogP contribution in [0.15, 0.2) is 28.7 Å². The molecule has 1 aliphatic carbocycles. The largest absolute Gasteiger partial charge is 0.333 e. The summed E-state index contributed by atoms with van der Waals surface area (Å²) in [7, 11) is 0. The van der Waals surface area contributed by atoms with Gasteiger partial charge in [0.15, 0.2) is 0 Å². The molecule has 3 nitrogen and oxygen atoms in total. The Bertz CT molecular complexity index is 525. The first-order valence-corrected chi connectivity index (χ1v) is 9.57. The van der Waals surface area contributed by atoms with E-state index in [0.29, 0.717) is 5.56 Å². The molecule has 1 fully saturated rings. The van der Waals surface area contributed by atoms with Gasteiger partial charge in [-0.1, -0.05) is 57.7 Å². The summed E-state index contributed by atoms with van der Waals surface area (Å²) >= 11 is 21.5. The van der Waals surface area contributed by atoms with E-state index in [1.165, 1.54) is 0 Å². The molecular weight excluding hydrogens is 422 g/mol. The summed E-state index contributed by atoms with van der Waals surface area (Å²) < 4.78 is -0.713. The molecule has 128 valence electrons. The highest BCUT2D eigenvalue weighted by atomic mass is 79.9. The highest BCUT2D eigenvalue weighted by molar-refractivity contribution is 9.10. The van der Waals surface area contributed by atoms with Crippen LogP contribution in [-0.2, 0) is 0 Å². The highest BCUT2D eigenvalue weighted by Crippen LogP contribution is 2.31. The minimum absolute atomic E-state index is 0.247. The number of hydrogen-bond donors (Lipinski definition) is 2. The van der Waals surface area contributed by atoms with Crippen molar-refractivity contribution in [3.05, 3.63) is 34.3 Å². The van der Waals surface area contributed by atoms with E-state index in [-0.39, 0.29) is 11.9 Å². The molecule has 2 rings (SSSR count). The average molecular weight is 443 g/mol. The molecule has 23 heavy (non-hydrogen) atoms. The van der Waals surface area contributed by atoms with Crippen LogP contribution in [0, 0.1) is 5.92 Å². The average Bonchev–Trinajstić information content (AvgIpc) is 2.48. The summed E-state index contributed by atoms with van der Waals surface area (Å²) in [5, 5.41) is 6.08. The molecule has 0 aromatic heterocycles. The summed E-state index contributed by atoms with van der Waals surface area (Å²) in [5.41, 5.74) is 0.520. The van der Waals surface area contributed by atoms with Crippen molar-refractivity contribution in [1.29, 1.82) is 0 Å². The molecule has 2 N–H and O–H groups in total. The van der Waals surface area contributed by atoms with Crippen LogP contribution in [0.5, 0.6) is 0 Å². The fourth-order valence-electron chi connectivity index (χ4n) is 2.70. The van der Waals surface area contributed by atoms with Gasteiger partial charge < -0.3 is 5.32 Å². The summed E-state index contributed by atoms with van der Waals surface area (Å²) in [6, 6.07) is 7.29. The number of halogens is 4. The molecule has 1 aliphatic rings. The Hall–Kier alpha value is -0.000000000000000111. The van der Waals surface area contributed by atoms with Gasteiger partial charge >= 0.3 is 0 Å². The SMILES string of the molecule is CC1CCC(NC(NC(=O)c2ccc(Br)cc2)C(Cl)(Cl)Cl)CC1. The molecule has 0 radical (unpaired) electrons. The second kappa shape index (κ2) is 8.39. The van der Waals surface area contributed by atoms with E-state index in [1.54, 1.807) is 24.3 Å². The Morgan fingerprint density at radius 2 is 1.74 bits per heavy atom. The Kier molecular flexibility index (Phi) is 7.05. The van der Waals surface area contributed by atoms with Gasteiger partial charge in [-0.25, -0.2) is 0 Å². The van der Waals surface area contributed by atoms with Crippen molar-refractivity contribution in [3.8, 4) is 0 Å². The number of rotatable bonds is 4. The molecule has 0 saturated heterocycles. The quantitative estimate of drug-likeness (QED) is 0.506. The summed E-state index contributed by atoms with van der Waals surface area (Å²) in [6.45, 7) is 2.25. The Morgan fingerprint density at radius 3 is 2.26 bits per heavy atom. The predicted octanol–water partition coefficient (Wildman–Crippen LogP) is 5.04. The molecule has 1 aromatic rings. The number of carbonyl (C=O) groups is 1. The van der Waals surface area contributed by atoms with E-state index < -0.39 is 9.96 Å². The molecule has 1 atom stereocenters. The molecule has 1 unspecified atom stereocenters. The van der Waals surface area contributed by atoms with E-state index in [4.69, 9.17) is 34.8 Å². The normalized spacial score (nSPS) is 23.3. The van der Waals surface area contributed by atoms with Crippen LogP contribution in [0.3, 0.4) is 0 Å². The van der Waals surface area contributed by atoms with Crippen molar-refractivity contribution in [1.82, 2.24) is 10.6 Å². The zero-order valence-electron chi connectivity index (χ0n) is 12.8. The fraction of sp³-hybridized carbons (Fsp3) is 0.562. The van der Waals surface area contributed by atoms with Crippen molar-refractivity contribution in [2.24, 2.45) is 5.92 Å². The van der Waals surface area contributed by atoms with Crippen LogP contribution in [0.2, 0.25) is 0 Å². The van der Waals surface area contributed by atoms with Gasteiger partial charge in [-0.2, -0.15) is 0 Å². The van der Waals surface area contributed by atoms with E-state index >= 15 is 0 Å². The molecule has 0 aliphatic heterocycles. The van der Waals surface area contributed by atoms with Gasteiger partial charge in [0.25, 0.3) is 5.91 Å². The first kappa shape index (κ1) is 19.3. The van der Waals surface area contributed by atoms with Crippen molar-refractivity contribution in [2.45, 2.75) is 48.6 Å². The van der Waals surface area contributed by atoms with Crippen LogP contribution in [-0.4, -0.2) is 21.9 Å². The zero-order chi connectivity index (χ0) is 17.0. The minimum Gasteiger partial charge on any atom is -0.333 e. The highest BCUT2D eigenvalue weighted by Gasteiger charge is 2.36. The Labute approximate surface area is 160 Å². The second-order valence-corrected chi connectivity index (χ2v) is 9.36. The summed E-state index contributed by atoms with van der Waals surface area (Å²) in [4.78, 5) is 12.4. The molecule has 1 amide bonds. The maximum absolute atomic E-state index is 12.4. The third-order valence-electron chi connectivity index (χ3n) is 4.13. The van der Waals surface area contributed by atoms with Crippen LogP contribution in [0.4, 0.5) is 0 Å². The number of alkyl halides is 3. The van der Waals surface area contributed by atoms with Gasteiger partial charge in [0, 0.05) is 16.1 Å². The van der Waals surface area contributed by atoms with Gasteiger partial charge in [0.2, 0.25) is 3.79 Å². The molecule has 0 heterocycles. The Balaban J connectivity index is 2.01. The van der Waals surface area contributed by atoms with Crippen LogP contribution >= 0.6 is 50.7 Å². The molecule has 1 aromatic carbocycles. The molecule has 7 heteroatoms. The third kappa shape index (κ3) is 6.09. The van der Waals surface area contributed by atoms with Crippen molar-refractivity contribution in [2.75, 3.05) is 0 Å². The van der Waals surface area contributed by atoms with Gasteiger partial charge in [0.05, 0.1) is 0 Å². The predicted molar refractivity (Wildman–Crippen MR) is 100 cm³/mol. The molecular formula is C16H20BrCl3N2O. The summed E-state index contributed by atoms with van der Waals surface area (Å²) in [6.07, 6.45) is 3.59. The van der Waals surface area contributed by atoms with Gasteiger partial charge in [0.1, 0.15) is 6.17 Å². The standard InChI is InChI=1S/C16H20BrCl3N2O/c1-10-2-8-13(9-3-10)21-15(16(18,19)20)22-14(23)11-4-6-12(17)7-5-11/h4-7,10,13,15,21H,2-3,8-9H2,1H3,(H,22,23). The lowest BCUT2D eigenvalue weighted by Gasteiger charge is -2.34. The summed E-state index contributed by atoms with van der Waals surface area (Å²) in [5.74, 6) is 0.460. The lowest BCUT2D eigenvalue weighted by molar-refractivity contribution is 0.0923. The second-order valence-electron chi connectivity index (χ2n) is 6.08. The Morgan fingerprint density at radius 1 is 1.17 bits per heavy atom. The smallest absolute Gasteiger partial charge is 0.252 e. The first-order valence-electron chi connectivity index (χ1n) is 7.65. The van der Waals surface area contributed by atoms with E-state index in [2.05, 4.69) is 33.5 Å². The van der Waals surface area contributed by atoms with Crippen molar-refractivity contribution < 1.29 is 4.79 Å². The topological polar surface area (TPSA) is 41.1 Å². The van der Waals surface area contributed by atoms with Gasteiger partial charge in [-0.3, -0.25) is 10.1 Å². The lowest BCUT2D eigenvalue weighted by atomic mass is 9.87. The van der Waals surface area contributed by atoms with Gasteiger partial charge in [-0.05, 0) is 55.9 Å². The fourth-order valence-corrected chi connectivity index (χ4v) is 3.31. The van der Waals surface area contributed by atoms with E-state index in [1.807, 2.05) is 0 Å². The van der Waals surface area contributed by atoms with E-state index in [0.717, 1.165) is 36.1 Å². The molecule has 0 bridgehead atoms. The van der Waals surface area contributed by atoms with Crippen molar-refractivity contribution in [3.63, 3.8) is 0 Å². The third-order valence-corrected chi connectivity index (χ3v) is 5.31. The minimum atomic E-state index is -1.62. The zero-order valence-corrected chi connectivity index (χ0v) is 16.6. The van der Waals surface area contributed by atoms with E-state index in [9.17, 15) is 4.79 Å². The monoisotopic (exact) mass is 440 g/mol. The van der Waals surface area contributed by atoms with Crippen molar-refractivity contribution >= 4 is 56.6 Å². The van der Waals surface area contributed by atoms with Crippen LogP contribution < -0.4 is 10.6 Å². The molecule has 0 spiro atoms. The maximum Gasteiger partial charge on any atom is 0.252 e.